The van der Waals surface area contributed by atoms with Crippen molar-refractivity contribution in [2.45, 2.75) is 52.5 Å². The molecule has 1 saturated carbocycles. The van der Waals surface area contributed by atoms with Crippen LogP contribution in [0.1, 0.15) is 46.5 Å². The van der Waals surface area contributed by atoms with Crippen molar-refractivity contribution in [3.63, 3.8) is 0 Å². The van der Waals surface area contributed by atoms with E-state index in [0.29, 0.717) is 32.2 Å². The second kappa shape index (κ2) is 6.88. The van der Waals surface area contributed by atoms with Crippen LogP contribution in [-0.2, 0) is 19.1 Å². The van der Waals surface area contributed by atoms with Gasteiger partial charge in [0.1, 0.15) is 0 Å². The van der Waals surface area contributed by atoms with Gasteiger partial charge < -0.3 is 14.8 Å². The van der Waals surface area contributed by atoms with Gasteiger partial charge in [0.05, 0.1) is 24.7 Å². The summed E-state index contributed by atoms with van der Waals surface area (Å²) in [7, 11) is 0. The van der Waals surface area contributed by atoms with Crippen molar-refractivity contribution in [3.05, 3.63) is 0 Å². The fraction of sp³-hybridized carbons (Fsp3) is 0.824. The minimum atomic E-state index is -1.35. The average Bonchev–Trinajstić information content (AvgIpc) is 2.54. The molecule has 0 amide bonds. The van der Waals surface area contributed by atoms with Crippen LogP contribution in [0, 0.1) is 28.1 Å². The molecule has 0 spiro atoms. The third-order valence-electron chi connectivity index (χ3n) is 5.31. The Labute approximate surface area is 137 Å². The lowest BCUT2D eigenvalue weighted by Crippen LogP contribution is -2.62. The maximum absolute atomic E-state index is 12.8. The molecule has 3 atom stereocenters. The molecule has 1 saturated heterocycles. The standard InChI is InChI=1S/C17H26N2O4/c1-4-22-14(20)17(15(21)23-5-2)8-6-7-16(10-18)11-19-12(3)9-13(16)17/h12-13,19H,4-9,11H2,1-3H3/t12-,13?,16-/m1/s1. The summed E-state index contributed by atoms with van der Waals surface area (Å²) < 4.78 is 10.5. The van der Waals surface area contributed by atoms with Gasteiger partial charge in [-0.05, 0) is 40.0 Å². The average molecular weight is 322 g/mol. The number of fused-ring (bicyclic) bond motifs is 1. The van der Waals surface area contributed by atoms with Crippen LogP contribution in [0.5, 0.6) is 0 Å². The first kappa shape index (κ1) is 17.7. The molecule has 0 radical (unpaired) electrons. The van der Waals surface area contributed by atoms with Gasteiger partial charge in [0.15, 0.2) is 5.41 Å². The second-order valence-electron chi connectivity index (χ2n) is 6.60. The first-order valence-corrected chi connectivity index (χ1v) is 8.46. The molecular weight excluding hydrogens is 296 g/mol. The Hall–Kier alpha value is -1.61. The molecule has 6 heteroatoms. The highest BCUT2D eigenvalue weighted by Gasteiger charge is 2.64. The van der Waals surface area contributed by atoms with Crippen molar-refractivity contribution >= 4 is 11.9 Å². The molecule has 1 aliphatic heterocycles. The van der Waals surface area contributed by atoms with Gasteiger partial charge >= 0.3 is 11.9 Å². The normalized spacial score (nSPS) is 32.3. The number of nitriles is 1. The topological polar surface area (TPSA) is 88.4 Å². The zero-order chi connectivity index (χ0) is 17.1. The number of carbonyl (C=O) groups is 2. The summed E-state index contributed by atoms with van der Waals surface area (Å²) in [6.45, 7) is 6.37. The van der Waals surface area contributed by atoms with Crippen molar-refractivity contribution in [1.82, 2.24) is 5.32 Å². The number of esters is 2. The van der Waals surface area contributed by atoms with Crippen molar-refractivity contribution in [3.8, 4) is 6.07 Å². The number of ether oxygens (including phenoxy) is 2. The molecule has 0 aromatic heterocycles. The number of hydrogen-bond acceptors (Lipinski definition) is 6. The van der Waals surface area contributed by atoms with E-state index in [1.54, 1.807) is 13.8 Å². The SMILES string of the molecule is CCOC(=O)C1(C(=O)OCC)CCC[C@@]2(C#N)CN[C@H](C)CC12. The number of piperidine rings is 1. The molecule has 2 fully saturated rings. The Kier molecular flexibility index (Phi) is 5.30. The first-order chi connectivity index (χ1) is 11.0. The zero-order valence-electron chi connectivity index (χ0n) is 14.2. The maximum Gasteiger partial charge on any atom is 0.323 e. The van der Waals surface area contributed by atoms with Crippen molar-refractivity contribution in [2.75, 3.05) is 19.8 Å². The van der Waals surface area contributed by atoms with Crippen molar-refractivity contribution < 1.29 is 19.1 Å². The molecule has 6 nitrogen and oxygen atoms in total. The van der Waals surface area contributed by atoms with Crippen molar-refractivity contribution in [2.24, 2.45) is 16.7 Å². The van der Waals surface area contributed by atoms with Crippen LogP contribution in [0.3, 0.4) is 0 Å². The van der Waals surface area contributed by atoms with E-state index in [2.05, 4.69) is 11.4 Å². The monoisotopic (exact) mass is 322 g/mol. The van der Waals surface area contributed by atoms with E-state index in [9.17, 15) is 14.9 Å². The van der Waals surface area contributed by atoms with Gasteiger partial charge in [-0.1, -0.05) is 6.42 Å². The Morgan fingerprint density at radius 2 is 1.83 bits per heavy atom. The van der Waals surface area contributed by atoms with Crippen LogP contribution in [0.15, 0.2) is 0 Å². The predicted octanol–water partition coefficient (Wildman–Crippen LogP) is 1.79. The lowest BCUT2D eigenvalue weighted by Gasteiger charge is -2.52. The maximum atomic E-state index is 12.8. The lowest BCUT2D eigenvalue weighted by atomic mass is 9.52. The summed E-state index contributed by atoms with van der Waals surface area (Å²) in [6.07, 6.45) is 2.31. The van der Waals surface area contributed by atoms with E-state index in [-0.39, 0.29) is 25.2 Å². The molecule has 2 aliphatic rings. The largest absolute Gasteiger partial charge is 0.465 e. The number of rotatable bonds is 4. The van der Waals surface area contributed by atoms with Crippen LogP contribution in [0.25, 0.3) is 0 Å². The van der Waals surface area contributed by atoms with E-state index in [4.69, 9.17) is 9.47 Å². The van der Waals surface area contributed by atoms with E-state index in [1.807, 2.05) is 6.92 Å². The van der Waals surface area contributed by atoms with Crippen LogP contribution < -0.4 is 5.32 Å². The van der Waals surface area contributed by atoms with Gasteiger partial charge in [-0.2, -0.15) is 5.26 Å². The molecule has 1 heterocycles. The predicted molar refractivity (Wildman–Crippen MR) is 83.2 cm³/mol. The molecule has 2 rings (SSSR count). The summed E-state index contributed by atoms with van der Waals surface area (Å²) in [5, 5.41) is 13.2. The molecule has 23 heavy (non-hydrogen) atoms. The minimum absolute atomic E-state index is 0.141. The Balaban J connectivity index is 2.51. The highest BCUT2D eigenvalue weighted by molar-refractivity contribution is 6.01. The van der Waals surface area contributed by atoms with E-state index >= 15 is 0 Å². The van der Waals surface area contributed by atoms with E-state index in [1.165, 1.54) is 0 Å². The van der Waals surface area contributed by atoms with Crippen LogP contribution >= 0.6 is 0 Å². The Morgan fingerprint density at radius 3 is 2.35 bits per heavy atom. The quantitative estimate of drug-likeness (QED) is 0.627. The third-order valence-corrected chi connectivity index (χ3v) is 5.31. The molecule has 0 aromatic carbocycles. The van der Waals surface area contributed by atoms with Crippen LogP contribution in [-0.4, -0.2) is 37.7 Å². The Morgan fingerprint density at radius 1 is 1.22 bits per heavy atom. The lowest BCUT2D eigenvalue weighted by molar-refractivity contribution is -0.187. The van der Waals surface area contributed by atoms with Gasteiger partial charge in [0.25, 0.3) is 0 Å². The van der Waals surface area contributed by atoms with Crippen molar-refractivity contribution in [1.29, 1.82) is 5.26 Å². The molecule has 0 aromatic rings. The van der Waals surface area contributed by atoms with Gasteiger partial charge in [-0.15, -0.1) is 0 Å². The number of nitrogens with zero attached hydrogens (tertiary/aromatic N) is 1. The summed E-state index contributed by atoms with van der Waals surface area (Å²) in [6, 6.07) is 2.55. The van der Waals surface area contributed by atoms with Gasteiger partial charge in [-0.25, -0.2) is 0 Å². The molecule has 0 bridgehead atoms. The summed E-state index contributed by atoms with van der Waals surface area (Å²) in [5.41, 5.74) is -2.07. The molecule has 1 unspecified atom stereocenters. The smallest absolute Gasteiger partial charge is 0.323 e. The van der Waals surface area contributed by atoms with Crippen LogP contribution in [0.4, 0.5) is 0 Å². The first-order valence-electron chi connectivity index (χ1n) is 8.46. The Bertz CT molecular complexity index is 495. The number of nitrogens with one attached hydrogen (secondary N) is 1. The van der Waals surface area contributed by atoms with E-state index in [0.717, 1.165) is 0 Å². The second-order valence-corrected chi connectivity index (χ2v) is 6.60. The van der Waals surface area contributed by atoms with Crippen LogP contribution in [0.2, 0.25) is 0 Å². The highest BCUT2D eigenvalue weighted by Crippen LogP contribution is 2.55. The minimum Gasteiger partial charge on any atom is -0.465 e. The highest BCUT2D eigenvalue weighted by atomic mass is 16.6. The van der Waals surface area contributed by atoms with Gasteiger partial charge in [-0.3, -0.25) is 9.59 Å². The van der Waals surface area contributed by atoms with Gasteiger partial charge in [0.2, 0.25) is 0 Å². The van der Waals surface area contributed by atoms with E-state index < -0.39 is 22.8 Å². The third kappa shape index (κ3) is 2.83. The van der Waals surface area contributed by atoms with Gasteiger partial charge in [0, 0.05) is 18.5 Å². The summed E-state index contributed by atoms with van der Waals surface area (Å²) in [4.78, 5) is 25.6. The summed E-state index contributed by atoms with van der Waals surface area (Å²) in [5.74, 6) is -1.43. The fourth-order valence-corrected chi connectivity index (χ4v) is 4.20. The molecule has 1 aliphatic carbocycles. The summed E-state index contributed by atoms with van der Waals surface area (Å²) >= 11 is 0. The molecule has 128 valence electrons. The molecular formula is C17H26N2O4. The zero-order valence-corrected chi connectivity index (χ0v) is 14.2. The fourth-order valence-electron chi connectivity index (χ4n) is 4.20. The molecule has 1 N–H and O–H groups in total. The number of carbonyl (C=O) groups excluding carboxylic acids is 2. The number of hydrogen-bond donors (Lipinski definition) is 1.